The molecule has 0 aliphatic carbocycles. The van der Waals surface area contributed by atoms with Crippen LogP contribution in [0.15, 0.2) is 47.4 Å². The Balaban J connectivity index is 2.29. The van der Waals surface area contributed by atoms with E-state index < -0.39 is 11.6 Å². The Morgan fingerprint density at radius 1 is 1.03 bits per heavy atom. The van der Waals surface area contributed by atoms with E-state index in [4.69, 9.17) is 34.8 Å². The second-order valence-corrected chi connectivity index (χ2v) is 10.4. The number of carbonyl (C=O) groups excluding carboxylic acids is 2. The minimum atomic E-state index is -0.648. The summed E-state index contributed by atoms with van der Waals surface area (Å²) in [5.74, 6) is -0.210. The van der Waals surface area contributed by atoms with E-state index in [0.717, 1.165) is 4.90 Å². The van der Waals surface area contributed by atoms with Gasteiger partial charge in [-0.1, -0.05) is 47.8 Å². The lowest BCUT2D eigenvalue weighted by Crippen LogP contribution is -2.53. The van der Waals surface area contributed by atoms with Crippen molar-refractivity contribution in [2.24, 2.45) is 0 Å². The Bertz CT molecular complexity index is 894. The topological polar surface area (TPSA) is 49.4 Å². The van der Waals surface area contributed by atoms with E-state index >= 15 is 0 Å². The van der Waals surface area contributed by atoms with E-state index in [1.54, 1.807) is 35.2 Å². The molecule has 0 saturated carbocycles. The zero-order valence-electron chi connectivity index (χ0n) is 18.0. The first-order valence-corrected chi connectivity index (χ1v) is 12.1. The summed E-state index contributed by atoms with van der Waals surface area (Å²) < 4.78 is 0. The molecule has 0 spiro atoms. The number of rotatable bonds is 8. The quantitative estimate of drug-likeness (QED) is 0.422. The van der Waals surface area contributed by atoms with E-state index in [1.807, 2.05) is 39.8 Å². The summed E-state index contributed by atoms with van der Waals surface area (Å²) >= 11 is 20.0. The number of thioether (sulfide) groups is 1. The molecular formula is C23H27Cl3N2O2S. The molecule has 2 aromatic rings. The number of amides is 2. The predicted octanol–water partition coefficient (Wildman–Crippen LogP) is 6.46. The fourth-order valence-corrected chi connectivity index (χ4v) is 4.41. The van der Waals surface area contributed by atoms with Crippen molar-refractivity contribution >= 4 is 58.4 Å². The van der Waals surface area contributed by atoms with Gasteiger partial charge in [0, 0.05) is 37.6 Å². The summed E-state index contributed by atoms with van der Waals surface area (Å²) in [5, 5.41) is 4.53. The number of carbonyl (C=O) groups is 2. The van der Waals surface area contributed by atoms with Gasteiger partial charge >= 0.3 is 0 Å². The van der Waals surface area contributed by atoms with Gasteiger partial charge in [0.2, 0.25) is 11.8 Å². The van der Waals surface area contributed by atoms with Gasteiger partial charge in [0.1, 0.15) is 6.04 Å². The van der Waals surface area contributed by atoms with Gasteiger partial charge in [-0.25, -0.2) is 0 Å². The number of nitrogens with one attached hydrogen (secondary N) is 1. The highest BCUT2D eigenvalue weighted by Gasteiger charge is 2.31. The normalized spacial score (nSPS) is 12.4. The van der Waals surface area contributed by atoms with Crippen LogP contribution in [0, 0.1) is 0 Å². The van der Waals surface area contributed by atoms with Crippen LogP contribution in [0.1, 0.15) is 39.7 Å². The molecule has 2 rings (SSSR count). The van der Waals surface area contributed by atoms with Crippen LogP contribution < -0.4 is 5.32 Å². The van der Waals surface area contributed by atoms with Crippen LogP contribution in [-0.4, -0.2) is 34.0 Å². The molecule has 168 valence electrons. The van der Waals surface area contributed by atoms with Gasteiger partial charge in [-0.15, -0.1) is 11.8 Å². The third-order valence-electron chi connectivity index (χ3n) is 4.45. The van der Waals surface area contributed by atoms with Gasteiger partial charge < -0.3 is 10.2 Å². The standard InChI is InChI=1S/C23H27Cl3N2O2S/c1-5-20(22(30)27-23(2,3)4)28(13-17-18(25)7-6-8-19(17)26)21(29)14-31-16-11-9-15(24)10-12-16/h6-12,20H,5,13-14H2,1-4H3,(H,27,30)/t20-/m0/s1. The van der Waals surface area contributed by atoms with Crippen LogP contribution in [0.25, 0.3) is 0 Å². The zero-order valence-corrected chi connectivity index (χ0v) is 21.1. The van der Waals surface area contributed by atoms with Crippen molar-refractivity contribution in [2.45, 2.75) is 57.1 Å². The average Bonchev–Trinajstić information content (AvgIpc) is 2.68. The fraction of sp³-hybridized carbons (Fsp3) is 0.391. The molecule has 0 aliphatic rings. The Morgan fingerprint density at radius 2 is 1.61 bits per heavy atom. The minimum absolute atomic E-state index is 0.147. The van der Waals surface area contributed by atoms with E-state index in [-0.39, 0.29) is 24.1 Å². The molecule has 4 nitrogen and oxygen atoms in total. The molecule has 2 aromatic carbocycles. The Kier molecular flexibility index (Phi) is 9.56. The summed E-state index contributed by atoms with van der Waals surface area (Å²) in [5.41, 5.74) is 0.206. The Morgan fingerprint density at radius 3 is 2.13 bits per heavy atom. The molecule has 1 atom stereocenters. The van der Waals surface area contributed by atoms with Crippen molar-refractivity contribution in [1.82, 2.24) is 10.2 Å². The van der Waals surface area contributed by atoms with Crippen LogP contribution in [0.5, 0.6) is 0 Å². The van der Waals surface area contributed by atoms with Crippen molar-refractivity contribution in [2.75, 3.05) is 5.75 Å². The first-order valence-electron chi connectivity index (χ1n) is 9.94. The van der Waals surface area contributed by atoms with Crippen molar-refractivity contribution < 1.29 is 9.59 Å². The van der Waals surface area contributed by atoms with Crippen molar-refractivity contribution in [3.63, 3.8) is 0 Å². The second kappa shape index (κ2) is 11.5. The summed E-state index contributed by atoms with van der Waals surface area (Å²) in [6.45, 7) is 7.75. The highest BCUT2D eigenvalue weighted by Crippen LogP contribution is 2.28. The summed E-state index contributed by atoms with van der Waals surface area (Å²) in [6, 6.07) is 11.8. The van der Waals surface area contributed by atoms with E-state index in [0.29, 0.717) is 27.1 Å². The van der Waals surface area contributed by atoms with Gasteiger partial charge in [0.25, 0.3) is 0 Å². The number of nitrogens with zero attached hydrogens (tertiary/aromatic N) is 1. The summed E-state index contributed by atoms with van der Waals surface area (Å²) in [7, 11) is 0. The second-order valence-electron chi connectivity index (χ2n) is 8.13. The molecule has 0 unspecified atom stereocenters. The minimum Gasteiger partial charge on any atom is -0.350 e. The van der Waals surface area contributed by atoms with Gasteiger partial charge in [0.05, 0.1) is 5.75 Å². The maximum absolute atomic E-state index is 13.3. The lowest BCUT2D eigenvalue weighted by Gasteiger charge is -2.33. The molecule has 0 radical (unpaired) electrons. The first-order chi connectivity index (χ1) is 14.5. The molecule has 0 fully saturated rings. The predicted molar refractivity (Wildman–Crippen MR) is 131 cm³/mol. The molecule has 2 amide bonds. The van der Waals surface area contributed by atoms with Crippen molar-refractivity contribution in [3.8, 4) is 0 Å². The molecule has 31 heavy (non-hydrogen) atoms. The third kappa shape index (κ3) is 7.90. The average molecular weight is 502 g/mol. The lowest BCUT2D eigenvalue weighted by molar-refractivity contribution is -0.140. The highest BCUT2D eigenvalue weighted by atomic mass is 35.5. The molecular weight excluding hydrogens is 475 g/mol. The largest absolute Gasteiger partial charge is 0.350 e. The number of hydrogen-bond acceptors (Lipinski definition) is 3. The van der Waals surface area contributed by atoms with Gasteiger partial charge in [0.15, 0.2) is 0 Å². The molecule has 0 heterocycles. The van der Waals surface area contributed by atoms with Gasteiger partial charge in [-0.2, -0.15) is 0 Å². The molecule has 1 N–H and O–H groups in total. The smallest absolute Gasteiger partial charge is 0.243 e. The molecule has 0 bridgehead atoms. The zero-order chi connectivity index (χ0) is 23.2. The molecule has 0 aromatic heterocycles. The lowest BCUT2D eigenvalue weighted by atomic mass is 10.1. The SMILES string of the molecule is CC[C@@H](C(=O)NC(C)(C)C)N(Cc1c(Cl)cccc1Cl)C(=O)CSc1ccc(Cl)cc1. The number of halogens is 3. The van der Waals surface area contributed by atoms with Crippen LogP contribution >= 0.6 is 46.6 Å². The number of benzene rings is 2. The van der Waals surface area contributed by atoms with Gasteiger partial charge in [-0.05, 0) is 63.6 Å². The number of hydrogen-bond donors (Lipinski definition) is 1. The maximum atomic E-state index is 13.3. The van der Waals surface area contributed by atoms with Crippen molar-refractivity contribution in [3.05, 3.63) is 63.1 Å². The Labute approximate surface area is 203 Å². The van der Waals surface area contributed by atoms with Crippen LogP contribution in [-0.2, 0) is 16.1 Å². The highest BCUT2D eigenvalue weighted by molar-refractivity contribution is 8.00. The fourth-order valence-electron chi connectivity index (χ4n) is 2.98. The van der Waals surface area contributed by atoms with Crippen molar-refractivity contribution in [1.29, 1.82) is 0 Å². The monoisotopic (exact) mass is 500 g/mol. The van der Waals surface area contributed by atoms with Crippen LogP contribution in [0.3, 0.4) is 0 Å². The van der Waals surface area contributed by atoms with E-state index in [2.05, 4.69) is 5.32 Å². The maximum Gasteiger partial charge on any atom is 0.243 e. The molecule has 0 saturated heterocycles. The van der Waals surface area contributed by atoms with Gasteiger partial charge in [-0.3, -0.25) is 9.59 Å². The van der Waals surface area contributed by atoms with E-state index in [9.17, 15) is 9.59 Å². The van der Waals surface area contributed by atoms with E-state index in [1.165, 1.54) is 11.8 Å². The summed E-state index contributed by atoms with van der Waals surface area (Å²) in [4.78, 5) is 28.8. The van der Waals surface area contributed by atoms with Crippen LogP contribution in [0.4, 0.5) is 0 Å². The van der Waals surface area contributed by atoms with Crippen LogP contribution in [0.2, 0.25) is 15.1 Å². The molecule has 0 aliphatic heterocycles. The summed E-state index contributed by atoms with van der Waals surface area (Å²) in [6.07, 6.45) is 0.460. The first kappa shape index (κ1) is 25.9. The molecule has 8 heteroatoms. The third-order valence-corrected chi connectivity index (χ3v) is 6.41. The Hall–Kier alpha value is -1.40.